The molecule has 0 spiro atoms. The van der Waals surface area contributed by atoms with Gasteiger partial charge in [0.25, 0.3) is 0 Å². The van der Waals surface area contributed by atoms with E-state index < -0.39 is 23.1 Å². The Morgan fingerprint density at radius 3 is 1.95 bits per heavy atom. The zero-order chi connectivity index (χ0) is 16.3. The molecule has 3 radical (unpaired) electrons. The first-order valence-corrected chi connectivity index (χ1v) is 7.48. The van der Waals surface area contributed by atoms with Crippen LogP contribution in [0.4, 0.5) is 13.2 Å². The van der Waals surface area contributed by atoms with Crippen LogP contribution in [0.2, 0.25) is 0 Å². The van der Waals surface area contributed by atoms with Gasteiger partial charge in [-0.25, -0.2) is 13.2 Å². The van der Waals surface area contributed by atoms with Crippen molar-refractivity contribution in [1.29, 1.82) is 0 Å². The fourth-order valence-electron chi connectivity index (χ4n) is 2.56. The highest BCUT2D eigenvalue weighted by Gasteiger charge is 2.27. The molecule has 0 bridgehead atoms. The molecular formula is C17H16F3OSi. The monoisotopic (exact) mass is 321 g/mol. The molecule has 0 aromatic heterocycles. The van der Waals surface area contributed by atoms with E-state index in [4.69, 9.17) is 4.43 Å². The average Bonchev–Trinajstić information content (AvgIpc) is 2.54. The third kappa shape index (κ3) is 2.96. The van der Waals surface area contributed by atoms with Gasteiger partial charge >= 0.3 is 0 Å². The lowest BCUT2D eigenvalue weighted by Crippen LogP contribution is -2.27. The first-order chi connectivity index (χ1) is 10.5. The van der Waals surface area contributed by atoms with E-state index >= 15 is 0 Å². The highest BCUT2D eigenvalue weighted by molar-refractivity contribution is 5.98. The molecule has 2 rings (SSSR count). The van der Waals surface area contributed by atoms with Gasteiger partial charge in [-0.2, -0.15) is 0 Å². The van der Waals surface area contributed by atoms with Gasteiger partial charge in [-0.3, -0.25) is 0 Å². The number of hydrogen-bond donors (Lipinski definition) is 0. The van der Waals surface area contributed by atoms with E-state index in [0.29, 0.717) is 11.6 Å². The van der Waals surface area contributed by atoms with Crippen LogP contribution in [0.3, 0.4) is 0 Å². The molecule has 2 aromatic carbocycles. The van der Waals surface area contributed by atoms with Crippen LogP contribution in [0.5, 0.6) is 0 Å². The molecule has 115 valence electrons. The molecular weight excluding hydrogens is 305 g/mol. The summed E-state index contributed by atoms with van der Waals surface area (Å²) in [7, 11) is 3.12. The minimum atomic E-state index is -1.19. The summed E-state index contributed by atoms with van der Waals surface area (Å²) in [6.07, 6.45) is 1.51. The fourth-order valence-corrected chi connectivity index (χ4v) is 2.97. The summed E-state index contributed by atoms with van der Waals surface area (Å²) in [4.78, 5) is 0. The lowest BCUT2D eigenvalue weighted by Gasteiger charge is -2.31. The van der Waals surface area contributed by atoms with Crippen LogP contribution in [0.25, 0.3) is 11.1 Å². The van der Waals surface area contributed by atoms with Crippen LogP contribution < -0.4 is 0 Å². The highest BCUT2D eigenvalue weighted by Crippen LogP contribution is 2.34. The molecule has 0 amide bonds. The summed E-state index contributed by atoms with van der Waals surface area (Å²) in [5, 5.41) is 0. The molecule has 0 fully saturated rings. The summed E-state index contributed by atoms with van der Waals surface area (Å²) in [5.41, 5.74) is 0.972. The van der Waals surface area contributed by atoms with Crippen molar-refractivity contribution in [3.05, 3.63) is 59.4 Å². The summed E-state index contributed by atoms with van der Waals surface area (Å²) in [6.45, 7) is 4.01. The molecule has 0 saturated carbocycles. The highest BCUT2D eigenvalue weighted by atomic mass is 28.2. The Balaban J connectivity index is 2.43. The predicted octanol–water partition coefficient (Wildman–Crippen LogP) is 4.89. The Bertz CT molecular complexity index is 643. The average molecular weight is 321 g/mol. The number of halogens is 3. The number of rotatable bonds is 5. The Hall–Kier alpha value is -1.59. The van der Waals surface area contributed by atoms with Crippen LogP contribution in [0.1, 0.15) is 32.3 Å². The topological polar surface area (TPSA) is 9.23 Å². The van der Waals surface area contributed by atoms with Crippen LogP contribution in [-0.4, -0.2) is 10.5 Å². The molecule has 0 atom stereocenters. The van der Waals surface area contributed by atoms with Gasteiger partial charge in [-0.1, -0.05) is 38.1 Å². The largest absolute Gasteiger partial charge is 0.409 e. The third-order valence-corrected chi connectivity index (χ3v) is 4.46. The van der Waals surface area contributed by atoms with Crippen molar-refractivity contribution < 1.29 is 17.6 Å². The molecule has 0 aliphatic rings. The molecule has 0 N–H and O–H groups in total. The van der Waals surface area contributed by atoms with Crippen molar-refractivity contribution in [2.45, 2.75) is 32.3 Å². The molecule has 22 heavy (non-hydrogen) atoms. The fraction of sp³-hybridized carbons (Fsp3) is 0.294. The first kappa shape index (κ1) is 16.8. The maximum atomic E-state index is 13.8. The molecule has 0 heterocycles. The lowest BCUT2D eigenvalue weighted by atomic mass is 9.87. The Labute approximate surface area is 131 Å². The normalized spacial score (nSPS) is 11.7. The van der Waals surface area contributed by atoms with Gasteiger partial charge in [0.1, 0.15) is 5.82 Å². The van der Waals surface area contributed by atoms with Gasteiger partial charge in [-0.15, -0.1) is 0 Å². The second-order valence-electron chi connectivity index (χ2n) is 5.13. The van der Waals surface area contributed by atoms with Crippen LogP contribution >= 0.6 is 0 Å². The third-order valence-electron chi connectivity index (χ3n) is 4.07. The Morgan fingerprint density at radius 2 is 1.45 bits per heavy atom. The van der Waals surface area contributed by atoms with Crippen molar-refractivity contribution in [2.24, 2.45) is 0 Å². The van der Waals surface area contributed by atoms with Gasteiger partial charge < -0.3 is 4.43 Å². The standard InChI is InChI=1S/C17H16F3OSi/c1-3-17(4-2,21-22)12-7-5-11(6-8-12)13-9-15(19)16(20)10-14(13)18/h5-10H,3-4H2,1-2H3. The molecule has 5 heteroatoms. The Kier molecular flexibility index (Phi) is 5.08. The minimum Gasteiger partial charge on any atom is -0.409 e. The Morgan fingerprint density at radius 1 is 0.909 bits per heavy atom. The molecule has 2 aromatic rings. The minimum absolute atomic E-state index is 0.0309. The zero-order valence-corrected chi connectivity index (χ0v) is 13.4. The van der Waals surface area contributed by atoms with Gasteiger partial charge in [0.15, 0.2) is 11.6 Å². The quantitative estimate of drug-likeness (QED) is 0.563. The van der Waals surface area contributed by atoms with E-state index in [1.807, 2.05) is 26.0 Å². The van der Waals surface area contributed by atoms with E-state index in [2.05, 4.69) is 10.5 Å². The predicted molar refractivity (Wildman–Crippen MR) is 80.9 cm³/mol. The van der Waals surface area contributed by atoms with Crippen molar-refractivity contribution in [3.63, 3.8) is 0 Å². The summed E-state index contributed by atoms with van der Waals surface area (Å²) in [5.74, 6) is -3.05. The van der Waals surface area contributed by atoms with Gasteiger partial charge in [0.05, 0.1) is 5.60 Å². The smallest absolute Gasteiger partial charge is 0.247 e. The van der Waals surface area contributed by atoms with E-state index in [1.54, 1.807) is 12.1 Å². The summed E-state index contributed by atoms with van der Waals surface area (Å²) < 4.78 is 45.6. The van der Waals surface area contributed by atoms with Gasteiger partial charge in [0, 0.05) is 11.6 Å². The number of benzene rings is 2. The SMILES string of the molecule is CCC(CC)(O[Si])c1ccc(-c2cc(F)c(F)cc2F)cc1. The van der Waals surface area contributed by atoms with Crippen molar-refractivity contribution in [3.8, 4) is 11.1 Å². The van der Waals surface area contributed by atoms with E-state index in [9.17, 15) is 13.2 Å². The zero-order valence-electron chi connectivity index (χ0n) is 12.4. The van der Waals surface area contributed by atoms with E-state index in [0.717, 1.165) is 24.5 Å². The van der Waals surface area contributed by atoms with Crippen molar-refractivity contribution in [2.75, 3.05) is 0 Å². The van der Waals surface area contributed by atoms with Crippen molar-refractivity contribution >= 4 is 10.5 Å². The lowest BCUT2D eigenvalue weighted by molar-refractivity contribution is 0.0685. The maximum Gasteiger partial charge on any atom is 0.247 e. The van der Waals surface area contributed by atoms with Crippen molar-refractivity contribution in [1.82, 2.24) is 0 Å². The van der Waals surface area contributed by atoms with Gasteiger partial charge in [-0.05, 0) is 30.0 Å². The number of hydrogen-bond acceptors (Lipinski definition) is 1. The first-order valence-electron chi connectivity index (χ1n) is 7.07. The molecule has 0 aliphatic carbocycles. The molecule has 0 unspecified atom stereocenters. The van der Waals surface area contributed by atoms with E-state index in [-0.39, 0.29) is 5.56 Å². The summed E-state index contributed by atoms with van der Waals surface area (Å²) >= 11 is 0. The molecule has 0 aliphatic heterocycles. The van der Waals surface area contributed by atoms with E-state index in [1.165, 1.54) is 0 Å². The van der Waals surface area contributed by atoms with Crippen LogP contribution in [0, 0.1) is 17.5 Å². The molecule has 0 saturated heterocycles. The maximum absolute atomic E-state index is 13.8. The second-order valence-corrected chi connectivity index (χ2v) is 5.33. The van der Waals surface area contributed by atoms with Crippen LogP contribution in [-0.2, 0) is 10.0 Å². The summed E-state index contributed by atoms with van der Waals surface area (Å²) in [6, 6.07) is 8.40. The second kappa shape index (κ2) is 6.67. The van der Waals surface area contributed by atoms with Gasteiger partial charge in [0.2, 0.25) is 10.5 Å². The molecule has 1 nitrogen and oxygen atoms in total. The van der Waals surface area contributed by atoms with Crippen LogP contribution in [0.15, 0.2) is 36.4 Å².